The van der Waals surface area contributed by atoms with Crippen molar-refractivity contribution in [1.29, 1.82) is 5.26 Å². The van der Waals surface area contributed by atoms with E-state index in [1.807, 2.05) is 6.07 Å². The number of nitrogens with one attached hydrogen (secondary N) is 1. The number of pyridine rings is 1. The van der Waals surface area contributed by atoms with Gasteiger partial charge in [-0.3, -0.25) is 4.40 Å². The number of aromatic nitrogens is 6. The Morgan fingerprint density at radius 3 is 2.82 bits per heavy atom. The van der Waals surface area contributed by atoms with Crippen LogP contribution in [0.2, 0.25) is 0 Å². The van der Waals surface area contributed by atoms with Crippen molar-refractivity contribution < 1.29 is 0 Å². The third kappa shape index (κ3) is 2.80. The predicted octanol–water partition coefficient (Wildman–Crippen LogP) is 1.30. The van der Waals surface area contributed by atoms with Crippen LogP contribution >= 0.6 is 0 Å². The van der Waals surface area contributed by atoms with Gasteiger partial charge in [-0.25, -0.2) is 29.3 Å². The summed E-state index contributed by atoms with van der Waals surface area (Å²) in [5.41, 5.74) is 6.08. The summed E-state index contributed by atoms with van der Waals surface area (Å²) in [4.78, 5) is 29.9. The van der Waals surface area contributed by atoms with E-state index in [2.05, 4.69) is 25.3 Å². The highest BCUT2D eigenvalue weighted by atomic mass is 16.1. The van der Waals surface area contributed by atoms with Crippen LogP contribution in [0.3, 0.4) is 0 Å². The molecule has 0 aliphatic rings. The van der Waals surface area contributed by atoms with Crippen molar-refractivity contribution in [2.75, 3.05) is 11.1 Å². The van der Waals surface area contributed by atoms with Crippen LogP contribution in [0.4, 0.5) is 11.6 Å². The molecule has 0 aliphatic carbocycles. The van der Waals surface area contributed by atoms with Crippen LogP contribution < -0.4 is 16.7 Å². The summed E-state index contributed by atoms with van der Waals surface area (Å²) in [7, 11) is 0. The molecule has 0 fully saturated rings. The number of hydrogen-bond donors (Lipinski definition) is 2. The Hall–Kier alpha value is -4.26. The molecule has 4 rings (SSSR count). The van der Waals surface area contributed by atoms with Crippen LogP contribution in [0.15, 0.2) is 53.8 Å². The van der Waals surface area contributed by atoms with Crippen LogP contribution in [-0.2, 0) is 0 Å². The number of anilines is 2. The van der Waals surface area contributed by atoms with Crippen molar-refractivity contribution in [3.05, 3.63) is 70.9 Å². The molecule has 0 amide bonds. The van der Waals surface area contributed by atoms with E-state index < -0.39 is 6.04 Å². The van der Waals surface area contributed by atoms with Crippen molar-refractivity contribution in [2.45, 2.75) is 13.0 Å². The number of hydrogen-bond acceptors (Lipinski definition) is 8. The first-order chi connectivity index (χ1) is 13.6. The van der Waals surface area contributed by atoms with Gasteiger partial charge < -0.3 is 11.1 Å². The second-order valence-corrected chi connectivity index (χ2v) is 5.97. The van der Waals surface area contributed by atoms with Gasteiger partial charge in [0.25, 0.3) is 0 Å². The average molecular weight is 373 g/mol. The number of nitrogens with zero attached hydrogens (tertiary/aromatic N) is 7. The molecule has 0 saturated carbocycles. The largest absolute Gasteiger partial charge is 0.382 e. The van der Waals surface area contributed by atoms with Crippen molar-refractivity contribution in [3.8, 4) is 11.9 Å². The Morgan fingerprint density at radius 2 is 2.07 bits per heavy atom. The molecule has 0 spiro atoms. The van der Waals surface area contributed by atoms with E-state index in [9.17, 15) is 10.1 Å². The molecule has 0 bridgehead atoms. The highest BCUT2D eigenvalue weighted by Gasteiger charge is 2.20. The Labute approximate surface area is 159 Å². The van der Waals surface area contributed by atoms with Gasteiger partial charge in [0.2, 0.25) is 0 Å². The zero-order chi connectivity index (χ0) is 19.7. The third-order valence-corrected chi connectivity index (χ3v) is 4.19. The predicted molar refractivity (Wildman–Crippen MR) is 102 cm³/mol. The van der Waals surface area contributed by atoms with Gasteiger partial charge >= 0.3 is 5.69 Å². The lowest BCUT2D eigenvalue weighted by Crippen LogP contribution is -2.32. The van der Waals surface area contributed by atoms with Gasteiger partial charge in [-0.2, -0.15) is 5.26 Å². The first kappa shape index (κ1) is 17.2. The van der Waals surface area contributed by atoms with Crippen LogP contribution in [0, 0.1) is 11.3 Å². The molecule has 4 aromatic rings. The maximum atomic E-state index is 13.1. The lowest BCUT2D eigenvalue weighted by molar-refractivity contribution is 0.685. The minimum atomic E-state index is -0.490. The van der Waals surface area contributed by atoms with E-state index in [0.717, 1.165) is 0 Å². The molecule has 1 atom stereocenters. The monoisotopic (exact) mass is 373 g/mol. The van der Waals surface area contributed by atoms with E-state index in [-0.39, 0.29) is 22.9 Å². The molecule has 10 nitrogen and oxygen atoms in total. The quantitative estimate of drug-likeness (QED) is 0.545. The van der Waals surface area contributed by atoms with Crippen LogP contribution in [0.25, 0.3) is 11.5 Å². The molecule has 0 aromatic carbocycles. The Bertz CT molecular complexity index is 1250. The SMILES string of the molecule is CC(Nc1ncnc(N)c1C#N)c1nc2cccn2c(=O)n1-c1ccccn1. The third-order valence-electron chi connectivity index (χ3n) is 4.19. The van der Waals surface area contributed by atoms with Crippen LogP contribution in [0.5, 0.6) is 0 Å². The molecule has 4 heterocycles. The van der Waals surface area contributed by atoms with Gasteiger partial charge in [-0.05, 0) is 31.2 Å². The standard InChI is InChI=1S/C18H15N9O/c1-11(24-16-12(9-19)15(20)22-10-23-16)17-25-14-6-4-8-26(14)18(28)27(17)13-5-2-3-7-21-13/h2-8,10-11H,1H3,(H3,20,22,23,24). The van der Waals surface area contributed by atoms with Gasteiger partial charge in [0.05, 0.1) is 6.04 Å². The number of fused-ring (bicyclic) bond motifs is 1. The average Bonchev–Trinajstić information content (AvgIpc) is 3.18. The Kier molecular flexibility index (Phi) is 4.17. The van der Waals surface area contributed by atoms with E-state index in [4.69, 9.17) is 5.73 Å². The van der Waals surface area contributed by atoms with Gasteiger partial charge in [0.15, 0.2) is 0 Å². The fourth-order valence-electron chi connectivity index (χ4n) is 2.88. The zero-order valence-electron chi connectivity index (χ0n) is 14.8. The molecule has 4 aromatic heterocycles. The second-order valence-electron chi connectivity index (χ2n) is 5.97. The molecule has 0 aliphatic heterocycles. The molecule has 3 N–H and O–H groups in total. The van der Waals surface area contributed by atoms with E-state index in [1.165, 1.54) is 15.3 Å². The molecule has 0 radical (unpaired) electrons. The first-order valence-electron chi connectivity index (χ1n) is 8.38. The van der Waals surface area contributed by atoms with Gasteiger partial charge in [-0.15, -0.1) is 0 Å². The van der Waals surface area contributed by atoms with E-state index >= 15 is 0 Å². The highest BCUT2D eigenvalue weighted by Crippen LogP contribution is 2.22. The molecule has 138 valence electrons. The van der Waals surface area contributed by atoms with Crippen molar-refractivity contribution in [2.24, 2.45) is 0 Å². The molecular formula is C18H15N9O. The maximum Gasteiger partial charge on any atom is 0.341 e. The van der Waals surface area contributed by atoms with Gasteiger partial charge in [0, 0.05) is 12.4 Å². The molecule has 1 unspecified atom stereocenters. The number of rotatable bonds is 4. The van der Waals surface area contributed by atoms with Crippen LogP contribution in [-0.4, -0.2) is 28.9 Å². The van der Waals surface area contributed by atoms with Gasteiger partial charge in [0.1, 0.15) is 46.9 Å². The summed E-state index contributed by atoms with van der Waals surface area (Å²) >= 11 is 0. The van der Waals surface area contributed by atoms with Crippen molar-refractivity contribution in [3.63, 3.8) is 0 Å². The lowest BCUT2D eigenvalue weighted by atomic mass is 10.2. The fourth-order valence-corrected chi connectivity index (χ4v) is 2.88. The molecule has 0 saturated heterocycles. The molecular weight excluding hydrogens is 358 g/mol. The lowest BCUT2D eigenvalue weighted by Gasteiger charge is -2.19. The minimum Gasteiger partial charge on any atom is -0.382 e. The fraction of sp³-hybridized carbons (Fsp3) is 0.111. The summed E-state index contributed by atoms with van der Waals surface area (Å²) in [6.45, 7) is 1.81. The zero-order valence-corrected chi connectivity index (χ0v) is 14.8. The Balaban J connectivity index is 1.88. The number of nitrogen functional groups attached to an aromatic ring is 1. The van der Waals surface area contributed by atoms with E-state index in [1.54, 1.807) is 49.6 Å². The highest BCUT2D eigenvalue weighted by molar-refractivity contribution is 5.62. The maximum absolute atomic E-state index is 13.1. The molecule has 28 heavy (non-hydrogen) atoms. The Morgan fingerprint density at radius 1 is 1.21 bits per heavy atom. The normalized spacial score (nSPS) is 11.9. The minimum absolute atomic E-state index is 0.0734. The first-order valence-corrected chi connectivity index (χ1v) is 8.38. The summed E-state index contributed by atoms with van der Waals surface area (Å²) in [6.07, 6.45) is 4.51. The smallest absolute Gasteiger partial charge is 0.341 e. The van der Waals surface area contributed by atoms with Crippen LogP contribution in [0.1, 0.15) is 24.4 Å². The topological polar surface area (TPSA) is 140 Å². The summed E-state index contributed by atoms with van der Waals surface area (Å²) < 4.78 is 2.86. The molecule has 10 heteroatoms. The van der Waals surface area contributed by atoms with Crippen molar-refractivity contribution >= 4 is 17.3 Å². The second kappa shape index (κ2) is 6.81. The van der Waals surface area contributed by atoms with Crippen molar-refractivity contribution in [1.82, 2.24) is 28.9 Å². The van der Waals surface area contributed by atoms with Gasteiger partial charge in [-0.1, -0.05) is 6.07 Å². The number of nitriles is 1. The summed E-state index contributed by atoms with van der Waals surface area (Å²) in [5.74, 6) is 1.18. The summed E-state index contributed by atoms with van der Waals surface area (Å²) in [6, 6.07) is 10.3. The van der Waals surface area contributed by atoms with E-state index in [0.29, 0.717) is 17.3 Å². The number of nitrogens with two attached hydrogens (primary N) is 1. The summed E-state index contributed by atoms with van der Waals surface area (Å²) in [5, 5.41) is 12.4.